The van der Waals surface area contributed by atoms with Crippen LogP contribution in [0.5, 0.6) is 0 Å². The number of rotatable bonds is 5. The van der Waals surface area contributed by atoms with Crippen LogP contribution >= 0.6 is 11.3 Å². The predicted molar refractivity (Wildman–Crippen MR) is 79.9 cm³/mol. The van der Waals surface area contributed by atoms with E-state index in [-0.39, 0.29) is 0 Å². The third kappa shape index (κ3) is 3.34. The first kappa shape index (κ1) is 14.0. The van der Waals surface area contributed by atoms with Crippen molar-refractivity contribution in [2.75, 3.05) is 6.54 Å². The average molecular weight is 266 g/mol. The first-order valence-corrected chi connectivity index (χ1v) is 8.08. The van der Waals surface area contributed by atoms with Crippen molar-refractivity contribution in [3.63, 3.8) is 0 Å². The molecule has 0 amide bonds. The molecule has 1 aromatic rings. The summed E-state index contributed by atoms with van der Waals surface area (Å²) in [4.78, 5) is 5.43. The summed E-state index contributed by atoms with van der Waals surface area (Å²) in [6.45, 7) is 7.48. The van der Waals surface area contributed by atoms with Crippen LogP contribution in [0, 0.1) is 6.92 Å². The zero-order chi connectivity index (χ0) is 13.0. The zero-order valence-corrected chi connectivity index (χ0v) is 12.6. The molecule has 3 heteroatoms. The second kappa shape index (κ2) is 6.69. The van der Waals surface area contributed by atoms with Crippen molar-refractivity contribution in [3.8, 4) is 0 Å². The molecule has 1 fully saturated rings. The van der Waals surface area contributed by atoms with Crippen molar-refractivity contribution in [1.82, 2.24) is 4.90 Å². The minimum atomic E-state index is 0.682. The molecule has 0 atom stereocenters. The van der Waals surface area contributed by atoms with E-state index in [1.807, 2.05) is 11.3 Å². The molecule has 0 aromatic carbocycles. The lowest BCUT2D eigenvalue weighted by Crippen LogP contribution is -2.36. The molecule has 2 rings (SSSR count). The third-order valence-corrected chi connectivity index (χ3v) is 5.26. The van der Waals surface area contributed by atoms with E-state index in [0.717, 1.165) is 19.1 Å². The van der Waals surface area contributed by atoms with Crippen molar-refractivity contribution in [3.05, 3.63) is 21.4 Å². The molecule has 1 aromatic heterocycles. The molecule has 1 aliphatic rings. The first-order valence-electron chi connectivity index (χ1n) is 7.27. The lowest BCUT2D eigenvalue weighted by atomic mass is 9.94. The standard InChI is InChI=1S/C15H26N2S/c1-3-17(14-7-5-4-6-8-14)11-13-9-15(10-16)18-12(13)2/h9,14H,3-8,10-11,16H2,1-2H3. The van der Waals surface area contributed by atoms with Gasteiger partial charge in [-0.25, -0.2) is 0 Å². The molecule has 2 nitrogen and oxygen atoms in total. The van der Waals surface area contributed by atoms with Gasteiger partial charge in [0.2, 0.25) is 0 Å². The fourth-order valence-electron chi connectivity index (χ4n) is 3.01. The Labute approximate surface area is 115 Å². The first-order chi connectivity index (χ1) is 8.74. The van der Waals surface area contributed by atoms with Gasteiger partial charge in [0, 0.05) is 28.9 Å². The van der Waals surface area contributed by atoms with Crippen LogP contribution < -0.4 is 5.73 Å². The van der Waals surface area contributed by atoms with Crippen LogP contribution in [0.2, 0.25) is 0 Å². The molecule has 0 bridgehead atoms. The number of nitrogens with two attached hydrogens (primary N) is 1. The van der Waals surface area contributed by atoms with Gasteiger partial charge in [-0.05, 0) is 37.9 Å². The van der Waals surface area contributed by atoms with E-state index in [2.05, 4.69) is 24.8 Å². The van der Waals surface area contributed by atoms with Gasteiger partial charge in [-0.2, -0.15) is 0 Å². The summed E-state index contributed by atoms with van der Waals surface area (Å²) in [5.74, 6) is 0. The van der Waals surface area contributed by atoms with Gasteiger partial charge in [0.05, 0.1) is 0 Å². The Morgan fingerprint density at radius 1 is 1.33 bits per heavy atom. The smallest absolute Gasteiger partial charge is 0.0274 e. The van der Waals surface area contributed by atoms with Crippen molar-refractivity contribution >= 4 is 11.3 Å². The molecule has 1 heterocycles. The van der Waals surface area contributed by atoms with Crippen LogP contribution in [0.25, 0.3) is 0 Å². The molecular formula is C15H26N2S. The van der Waals surface area contributed by atoms with E-state index < -0.39 is 0 Å². The Bertz CT molecular complexity index is 367. The Morgan fingerprint density at radius 3 is 2.61 bits per heavy atom. The SMILES string of the molecule is CCN(Cc1cc(CN)sc1C)C1CCCCC1. The Hall–Kier alpha value is -0.380. The van der Waals surface area contributed by atoms with Gasteiger partial charge in [0.15, 0.2) is 0 Å². The molecule has 1 saturated carbocycles. The number of aryl methyl sites for hydroxylation is 1. The molecule has 1 aliphatic carbocycles. The summed E-state index contributed by atoms with van der Waals surface area (Å²) < 4.78 is 0. The molecule has 0 aliphatic heterocycles. The fourth-order valence-corrected chi connectivity index (χ4v) is 3.94. The zero-order valence-electron chi connectivity index (χ0n) is 11.7. The van der Waals surface area contributed by atoms with E-state index in [0.29, 0.717) is 6.54 Å². The number of thiophene rings is 1. The molecule has 2 N–H and O–H groups in total. The molecule has 18 heavy (non-hydrogen) atoms. The largest absolute Gasteiger partial charge is 0.326 e. The maximum Gasteiger partial charge on any atom is 0.0274 e. The van der Waals surface area contributed by atoms with Crippen LogP contribution in [-0.4, -0.2) is 17.5 Å². The van der Waals surface area contributed by atoms with Gasteiger partial charge in [-0.3, -0.25) is 4.90 Å². The highest BCUT2D eigenvalue weighted by molar-refractivity contribution is 7.12. The second-order valence-electron chi connectivity index (χ2n) is 5.35. The summed E-state index contributed by atoms with van der Waals surface area (Å²) in [5, 5.41) is 0. The Morgan fingerprint density at radius 2 is 2.06 bits per heavy atom. The van der Waals surface area contributed by atoms with E-state index in [4.69, 9.17) is 5.73 Å². The van der Waals surface area contributed by atoms with Gasteiger partial charge in [0.1, 0.15) is 0 Å². The van der Waals surface area contributed by atoms with Crippen LogP contribution in [-0.2, 0) is 13.1 Å². The molecular weight excluding hydrogens is 240 g/mol. The van der Waals surface area contributed by atoms with E-state index in [1.54, 1.807) is 0 Å². The van der Waals surface area contributed by atoms with Crippen LogP contribution in [0.1, 0.15) is 54.3 Å². The summed E-state index contributed by atoms with van der Waals surface area (Å²) in [6.07, 6.45) is 7.04. The normalized spacial score (nSPS) is 17.6. The highest BCUT2D eigenvalue weighted by Crippen LogP contribution is 2.27. The Balaban J connectivity index is 2.02. The van der Waals surface area contributed by atoms with Crippen LogP contribution in [0.4, 0.5) is 0 Å². The minimum Gasteiger partial charge on any atom is -0.326 e. The third-order valence-electron chi connectivity index (χ3n) is 4.14. The van der Waals surface area contributed by atoms with Gasteiger partial charge in [0.25, 0.3) is 0 Å². The minimum absolute atomic E-state index is 0.682. The summed E-state index contributed by atoms with van der Waals surface area (Å²) in [6, 6.07) is 3.12. The summed E-state index contributed by atoms with van der Waals surface area (Å²) >= 11 is 1.86. The van der Waals surface area contributed by atoms with Gasteiger partial charge in [-0.1, -0.05) is 26.2 Å². The highest BCUT2D eigenvalue weighted by Gasteiger charge is 2.20. The van der Waals surface area contributed by atoms with Gasteiger partial charge < -0.3 is 5.73 Å². The van der Waals surface area contributed by atoms with Crippen molar-refractivity contribution < 1.29 is 0 Å². The molecule has 0 saturated heterocycles. The van der Waals surface area contributed by atoms with Crippen LogP contribution in [0.15, 0.2) is 6.07 Å². The Kier molecular flexibility index (Phi) is 5.22. The molecule has 0 unspecified atom stereocenters. The maximum atomic E-state index is 5.73. The van der Waals surface area contributed by atoms with E-state index >= 15 is 0 Å². The fraction of sp³-hybridized carbons (Fsp3) is 0.733. The number of hydrogen-bond acceptors (Lipinski definition) is 3. The van der Waals surface area contributed by atoms with Gasteiger partial charge >= 0.3 is 0 Å². The van der Waals surface area contributed by atoms with Crippen molar-refractivity contribution in [2.45, 2.75) is 65.1 Å². The monoisotopic (exact) mass is 266 g/mol. The van der Waals surface area contributed by atoms with E-state index in [9.17, 15) is 0 Å². The van der Waals surface area contributed by atoms with E-state index in [1.165, 1.54) is 47.4 Å². The summed E-state index contributed by atoms with van der Waals surface area (Å²) in [7, 11) is 0. The quantitative estimate of drug-likeness (QED) is 0.881. The molecule has 102 valence electrons. The van der Waals surface area contributed by atoms with Crippen LogP contribution in [0.3, 0.4) is 0 Å². The topological polar surface area (TPSA) is 29.3 Å². The second-order valence-corrected chi connectivity index (χ2v) is 6.69. The van der Waals surface area contributed by atoms with Crippen molar-refractivity contribution in [2.24, 2.45) is 5.73 Å². The maximum absolute atomic E-state index is 5.73. The summed E-state index contributed by atoms with van der Waals surface area (Å²) in [5.41, 5.74) is 7.23. The number of nitrogens with zero attached hydrogens (tertiary/aromatic N) is 1. The molecule has 0 radical (unpaired) electrons. The van der Waals surface area contributed by atoms with Crippen molar-refractivity contribution in [1.29, 1.82) is 0 Å². The predicted octanol–water partition coefficient (Wildman–Crippen LogP) is 3.67. The highest BCUT2D eigenvalue weighted by atomic mass is 32.1. The van der Waals surface area contributed by atoms with Gasteiger partial charge in [-0.15, -0.1) is 11.3 Å². The lowest BCUT2D eigenvalue weighted by Gasteiger charge is -2.33. The lowest BCUT2D eigenvalue weighted by molar-refractivity contribution is 0.156. The average Bonchev–Trinajstić information content (AvgIpc) is 2.77. The number of hydrogen-bond donors (Lipinski definition) is 1. The molecule has 0 spiro atoms.